The van der Waals surface area contributed by atoms with Gasteiger partial charge in [0.15, 0.2) is 0 Å². The molecule has 0 bridgehead atoms. The number of methoxy groups -OCH3 is 1. The van der Waals surface area contributed by atoms with Crippen LogP contribution in [0.15, 0.2) is 18.7 Å². The summed E-state index contributed by atoms with van der Waals surface area (Å²) in [5.74, 6) is 0. The molecule has 1 heterocycles. The van der Waals surface area contributed by atoms with Crippen LogP contribution in [0.2, 0.25) is 0 Å². The van der Waals surface area contributed by atoms with Gasteiger partial charge in [0, 0.05) is 7.11 Å². The van der Waals surface area contributed by atoms with Crippen molar-refractivity contribution in [2.45, 2.75) is 6.54 Å². The molecule has 14 heavy (non-hydrogen) atoms. The van der Waals surface area contributed by atoms with E-state index in [4.69, 9.17) is 9.47 Å². The van der Waals surface area contributed by atoms with Crippen LogP contribution in [-0.4, -0.2) is 37.0 Å². The molecule has 0 spiro atoms. The van der Waals surface area contributed by atoms with Gasteiger partial charge in [-0.05, 0) is 0 Å². The van der Waals surface area contributed by atoms with Crippen molar-refractivity contribution < 1.29 is 19.5 Å². The molecule has 0 aromatic carbocycles. The number of aromatic nitrogens is 2. The van der Waals surface area contributed by atoms with Gasteiger partial charge in [-0.1, -0.05) is 0 Å². The van der Waals surface area contributed by atoms with Crippen LogP contribution in [0.4, 0.5) is 0 Å². The van der Waals surface area contributed by atoms with Crippen molar-refractivity contribution in [1.82, 2.24) is 4.57 Å². The van der Waals surface area contributed by atoms with E-state index in [1.807, 2.05) is 30.3 Å². The van der Waals surface area contributed by atoms with E-state index in [1.165, 1.54) is 0 Å². The van der Waals surface area contributed by atoms with Crippen LogP contribution in [0.3, 0.4) is 0 Å². The van der Waals surface area contributed by atoms with Gasteiger partial charge >= 0.3 is 0 Å². The monoisotopic (exact) mass is 202 g/mol. The second kappa shape index (κ2) is 7.49. The number of ether oxygens (including phenoxy) is 2. The van der Waals surface area contributed by atoms with E-state index in [9.17, 15) is 0 Å². The maximum Gasteiger partial charge on any atom is 0.243 e. The molecule has 82 valence electrons. The minimum atomic E-state index is 0. The molecule has 1 aromatic rings. The molecule has 0 aliphatic heterocycles. The number of nitrogens with zero attached hydrogens (tertiary/aromatic N) is 2. The number of hydrogen-bond donors (Lipinski definition) is 0. The fourth-order valence-corrected chi connectivity index (χ4v) is 1.05. The second-order valence-corrected chi connectivity index (χ2v) is 2.92. The highest BCUT2D eigenvalue weighted by molar-refractivity contribution is 4.65. The van der Waals surface area contributed by atoms with Crippen molar-refractivity contribution in [3.63, 3.8) is 0 Å². The van der Waals surface area contributed by atoms with Crippen LogP contribution in [0.25, 0.3) is 0 Å². The van der Waals surface area contributed by atoms with E-state index >= 15 is 0 Å². The summed E-state index contributed by atoms with van der Waals surface area (Å²) in [6.07, 6.45) is 6.06. The Balaban J connectivity index is 0.00000169. The number of hydrogen-bond acceptors (Lipinski definition) is 3. The van der Waals surface area contributed by atoms with Gasteiger partial charge in [-0.15, -0.1) is 0 Å². The lowest BCUT2D eigenvalue weighted by Crippen LogP contribution is -2.24. The standard InChI is InChI=1S/C9H17N2O2.H2O/c1-10-3-4-11(9-10)5-6-13-8-7-12-2;/h3-4,9H,5-8H2,1-2H3;1H2/q+1;/p-1. The predicted molar refractivity (Wildman–Crippen MR) is 50.2 cm³/mol. The minimum absolute atomic E-state index is 0. The largest absolute Gasteiger partial charge is 0.870 e. The van der Waals surface area contributed by atoms with Crippen LogP contribution in [-0.2, 0) is 23.1 Å². The number of rotatable bonds is 6. The maximum absolute atomic E-state index is 5.33. The van der Waals surface area contributed by atoms with Gasteiger partial charge in [-0.2, -0.15) is 0 Å². The Bertz CT molecular complexity index is 238. The molecule has 0 fully saturated rings. The predicted octanol–water partition coefficient (Wildman–Crippen LogP) is -0.201. The minimum Gasteiger partial charge on any atom is -0.870 e. The zero-order valence-electron chi connectivity index (χ0n) is 8.72. The van der Waals surface area contributed by atoms with Crippen LogP contribution in [0.1, 0.15) is 0 Å². The average molecular weight is 202 g/mol. The molecule has 5 heteroatoms. The van der Waals surface area contributed by atoms with E-state index in [0.29, 0.717) is 13.2 Å². The molecular weight excluding hydrogens is 184 g/mol. The lowest BCUT2D eigenvalue weighted by Gasteiger charge is -2.00. The highest BCUT2D eigenvalue weighted by Crippen LogP contribution is 1.85. The summed E-state index contributed by atoms with van der Waals surface area (Å²) >= 11 is 0. The van der Waals surface area contributed by atoms with Crippen molar-refractivity contribution >= 4 is 0 Å². The zero-order chi connectivity index (χ0) is 9.52. The van der Waals surface area contributed by atoms with Gasteiger partial charge in [-0.25, -0.2) is 9.13 Å². The summed E-state index contributed by atoms with van der Waals surface area (Å²) in [4.78, 5) is 0. The molecule has 1 rings (SSSR count). The summed E-state index contributed by atoms with van der Waals surface area (Å²) in [6, 6.07) is 0. The van der Waals surface area contributed by atoms with Crippen LogP contribution in [0, 0.1) is 0 Å². The van der Waals surface area contributed by atoms with Gasteiger partial charge in [0.25, 0.3) is 0 Å². The van der Waals surface area contributed by atoms with Gasteiger partial charge in [0.1, 0.15) is 18.9 Å². The van der Waals surface area contributed by atoms with E-state index < -0.39 is 0 Å². The molecule has 0 radical (unpaired) electrons. The highest BCUT2D eigenvalue weighted by atomic mass is 16.5. The van der Waals surface area contributed by atoms with Gasteiger partial charge in [-0.3, -0.25) is 0 Å². The van der Waals surface area contributed by atoms with Crippen LogP contribution in [0.5, 0.6) is 0 Å². The summed E-state index contributed by atoms with van der Waals surface area (Å²) in [7, 11) is 3.68. The van der Waals surface area contributed by atoms with Crippen molar-refractivity contribution in [3.05, 3.63) is 18.7 Å². The molecule has 1 aromatic heterocycles. The Morgan fingerprint density at radius 1 is 1.29 bits per heavy atom. The number of aryl methyl sites for hydroxylation is 1. The molecule has 0 saturated heterocycles. The first-order chi connectivity index (χ1) is 6.33. The first kappa shape index (κ1) is 13.1. The lowest BCUT2D eigenvalue weighted by atomic mass is 10.6. The fourth-order valence-electron chi connectivity index (χ4n) is 1.05. The third-order valence-electron chi connectivity index (χ3n) is 1.75. The molecule has 5 nitrogen and oxygen atoms in total. The molecule has 0 unspecified atom stereocenters. The summed E-state index contributed by atoms with van der Waals surface area (Å²) in [5.41, 5.74) is 0. The molecular formula is C9H18N2O3. The Kier molecular flexibility index (Phi) is 7.00. The zero-order valence-corrected chi connectivity index (χ0v) is 8.72. The third-order valence-corrected chi connectivity index (χ3v) is 1.75. The summed E-state index contributed by atoms with van der Waals surface area (Å²) in [5, 5.41) is 0. The second-order valence-electron chi connectivity index (χ2n) is 2.92. The SMILES string of the molecule is COCCOCCn1cc[n+](C)c1.[OH-]. The smallest absolute Gasteiger partial charge is 0.243 e. The Labute approximate surface area is 84.2 Å². The van der Waals surface area contributed by atoms with Gasteiger partial charge in [0.05, 0.1) is 26.9 Å². The Hall–Kier alpha value is -0.910. The van der Waals surface area contributed by atoms with Crippen molar-refractivity contribution in [2.24, 2.45) is 7.05 Å². The third kappa shape index (κ3) is 4.96. The maximum atomic E-state index is 5.33. The lowest BCUT2D eigenvalue weighted by molar-refractivity contribution is -0.671. The quantitative estimate of drug-likeness (QED) is 0.474. The van der Waals surface area contributed by atoms with Gasteiger partial charge < -0.3 is 14.9 Å². The highest BCUT2D eigenvalue weighted by Gasteiger charge is 1.98. The molecule has 0 aliphatic rings. The molecule has 0 saturated carbocycles. The average Bonchev–Trinajstić information content (AvgIpc) is 2.51. The first-order valence-electron chi connectivity index (χ1n) is 4.40. The number of imidazole rings is 1. The molecule has 1 N–H and O–H groups in total. The van der Waals surface area contributed by atoms with Crippen molar-refractivity contribution in [1.29, 1.82) is 0 Å². The van der Waals surface area contributed by atoms with E-state index in [-0.39, 0.29) is 5.48 Å². The first-order valence-corrected chi connectivity index (χ1v) is 4.40. The van der Waals surface area contributed by atoms with Crippen molar-refractivity contribution in [2.75, 3.05) is 26.9 Å². The topological polar surface area (TPSA) is 57.3 Å². The summed E-state index contributed by atoms with van der Waals surface area (Å²) in [6.45, 7) is 2.96. The van der Waals surface area contributed by atoms with Crippen LogP contribution >= 0.6 is 0 Å². The Morgan fingerprint density at radius 2 is 2.07 bits per heavy atom. The van der Waals surface area contributed by atoms with E-state index in [1.54, 1.807) is 7.11 Å². The van der Waals surface area contributed by atoms with Crippen LogP contribution < -0.4 is 4.57 Å². The Morgan fingerprint density at radius 3 is 2.64 bits per heavy atom. The molecule has 0 atom stereocenters. The normalized spacial score (nSPS) is 9.86. The van der Waals surface area contributed by atoms with E-state index in [0.717, 1.165) is 13.2 Å². The van der Waals surface area contributed by atoms with E-state index in [2.05, 4.69) is 4.57 Å². The van der Waals surface area contributed by atoms with Crippen molar-refractivity contribution in [3.8, 4) is 0 Å². The van der Waals surface area contributed by atoms with Gasteiger partial charge in [0.2, 0.25) is 6.33 Å². The fraction of sp³-hybridized carbons (Fsp3) is 0.667. The molecule has 0 aliphatic carbocycles. The summed E-state index contributed by atoms with van der Waals surface area (Å²) < 4.78 is 14.3. The molecule has 0 amide bonds.